The predicted octanol–water partition coefficient (Wildman–Crippen LogP) is -2.50. The second-order valence-corrected chi connectivity index (χ2v) is 0.688. The summed E-state index contributed by atoms with van der Waals surface area (Å²) in [5.41, 5.74) is 0. The first-order chi connectivity index (χ1) is 2.50. The smallest absolute Gasteiger partial charge is 0.870 e. The Balaban J connectivity index is 0. The van der Waals surface area contributed by atoms with Crippen LogP contribution in [0.25, 0.3) is 0 Å². The van der Waals surface area contributed by atoms with E-state index in [0.717, 1.165) is 0 Å². The van der Waals surface area contributed by atoms with Crippen LogP contribution in [0.15, 0.2) is 23.0 Å². The van der Waals surface area contributed by atoms with E-state index in [-0.39, 0.29) is 56.9 Å². The van der Waals surface area contributed by atoms with E-state index < -0.39 is 0 Å². The van der Waals surface area contributed by atoms with E-state index in [1.54, 1.807) is 12.3 Å². The Bertz CT molecular complexity index is 69.4. The SMILES string of the molecule is [K+].[OH-].c1cnoc1. The molecule has 0 bridgehead atoms. The second kappa shape index (κ2) is 6.81. The minimum absolute atomic E-state index is 0. The van der Waals surface area contributed by atoms with Gasteiger partial charge in [-0.1, -0.05) is 5.16 Å². The van der Waals surface area contributed by atoms with Gasteiger partial charge in [-0.3, -0.25) is 0 Å². The summed E-state index contributed by atoms with van der Waals surface area (Å²) in [6.45, 7) is 0. The third-order valence-corrected chi connectivity index (χ3v) is 0.347. The molecule has 4 heteroatoms. The number of nitrogens with zero attached hydrogens (tertiary/aromatic N) is 1. The maximum Gasteiger partial charge on any atom is 1.00 e. The molecule has 1 rings (SSSR count). The van der Waals surface area contributed by atoms with Crippen molar-refractivity contribution in [2.45, 2.75) is 0 Å². The first-order valence-corrected chi connectivity index (χ1v) is 1.34. The fourth-order valence-electron chi connectivity index (χ4n) is 0.176. The van der Waals surface area contributed by atoms with Crippen LogP contribution in [0.2, 0.25) is 0 Å². The van der Waals surface area contributed by atoms with Crippen molar-refractivity contribution in [3.63, 3.8) is 0 Å². The van der Waals surface area contributed by atoms with Crippen LogP contribution in [-0.2, 0) is 0 Å². The van der Waals surface area contributed by atoms with Gasteiger partial charge in [-0.25, -0.2) is 0 Å². The molecule has 0 amide bonds. The van der Waals surface area contributed by atoms with Gasteiger partial charge < -0.3 is 10.00 Å². The molecular formula is C3H4KNO2. The van der Waals surface area contributed by atoms with Crippen molar-refractivity contribution in [2.75, 3.05) is 0 Å². The predicted molar refractivity (Wildman–Crippen MR) is 18.4 cm³/mol. The molecule has 0 unspecified atom stereocenters. The molecule has 0 atom stereocenters. The Kier molecular flexibility index (Phi) is 10.4. The maximum absolute atomic E-state index is 4.33. The summed E-state index contributed by atoms with van der Waals surface area (Å²) in [7, 11) is 0. The normalized spacial score (nSPS) is 5.71. The Morgan fingerprint density at radius 1 is 1.43 bits per heavy atom. The Morgan fingerprint density at radius 3 is 2.29 bits per heavy atom. The molecule has 1 N–H and O–H groups in total. The van der Waals surface area contributed by atoms with Crippen LogP contribution in [0.4, 0.5) is 0 Å². The molecule has 0 aromatic carbocycles. The van der Waals surface area contributed by atoms with Crippen molar-refractivity contribution in [3.05, 3.63) is 18.5 Å². The minimum Gasteiger partial charge on any atom is -0.870 e. The molecule has 7 heavy (non-hydrogen) atoms. The minimum atomic E-state index is 0. The Labute approximate surface area is 83.8 Å². The van der Waals surface area contributed by atoms with E-state index in [9.17, 15) is 0 Å². The van der Waals surface area contributed by atoms with Gasteiger partial charge in [-0.05, 0) is 6.07 Å². The average molecular weight is 125 g/mol. The van der Waals surface area contributed by atoms with Gasteiger partial charge >= 0.3 is 51.4 Å². The zero-order valence-corrected chi connectivity index (χ0v) is 7.16. The van der Waals surface area contributed by atoms with Crippen LogP contribution in [0, 0.1) is 0 Å². The van der Waals surface area contributed by atoms with Gasteiger partial charge in [0.25, 0.3) is 0 Å². The average Bonchev–Trinajstić information content (AvgIpc) is 1.76. The van der Waals surface area contributed by atoms with Crippen molar-refractivity contribution in [3.8, 4) is 0 Å². The molecule has 0 radical (unpaired) electrons. The van der Waals surface area contributed by atoms with Crippen molar-refractivity contribution in [1.82, 2.24) is 5.16 Å². The molecule has 0 saturated heterocycles. The largest absolute Gasteiger partial charge is 1.00 e. The van der Waals surface area contributed by atoms with E-state index in [1.807, 2.05) is 0 Å². The number of hydrogen-bond donors (Lipinski definition) is 0. The summed E-state index contributed by atoms with van der Waals surface area (Å²) in [5, 5.41) is 3.35. The number of rotatable bonds is 0. The van der Waals surface area contributed by atoms with Crippen molar-refractivity contribution >= 4 is 0 Å². The Morgan fingerprint density at radius 2 is 2.14 bits per heavy atom. The zero-order chi connectivity index (χ0) is 3.54. The van der Waals surface area contributed by atoms with E-state index in [4.69, 9.17) is 0 Å². The fraction of sp³-hybridized carbons (Fsp3) is 0. The van der Waals surface area contributed by atoms with Crippen molar-refractivity contribution in [2.24, 2.45) is 0 Å². The first kappa shape index (κ1) is 10.7. The summed E-state index contributed by atoms with van der Waals surface area (Å²) in [4.78, 5) is 0. The molecule has 0 saturated carbocycles. The van der Waals surface area contributed by atoms with Crippen LogP contribution in [0.1, 0.15) is 0 Å². The number of aromatic nitrogens is 1. The van der Waals surface area contributed by atoms with Crippen LogP contribution < -0.4 is 51.4 Å². The molecule has 3 nitrogen and oxygen atoms in total. The first-order valence-electron chi connectivity index (χ1n) is 1.34. The second-order valence-electron chi connectivity index (χ2n) is 0.688. The summed E-state index contributed by atoms with van der Waals surface area (Å²) < 4.78 is 4.33. The zero-order valence-electron chi connectivity index (χ0n) is 4.03. The fourth-order valence-corrected chi connectivity index (χ4v) is 0.176. The van der Waals surface area contributed by atoms with E-state index in [2.05, 4.69) is 9.68 Å². The summed E-state index contributed by atoms with van der Waals surface area (Å²) >= 11 is 0. The van der Waals surface area contributed by atoms with E-state index in [0.29, 0.717) is 0 Å². The number of hydrogen-bond acceptors (Lipinski definition) is 3. The van der Waals surface area contributed by atoms with E-state index >= 15 is 0 Å². The molecule has 0 aliphatic carbocycles. The van der Waals surface area contributed by atoms with Crippen molar-refractivity contribution < 1.29 is 61.4 Å². The van der Waals surface area contributed by atoms with Gasteiger partial charge in [0.2, 0.25) is 0 Å². The molecule has 1 heterocycles. The molecule has 34 valence electrons. The summed E-state index contributed by atoms with van der Waals surface area (Å²) in [5.74, 6) is 0. The maximum atomic E-state index is 4.33. The van der Waals surface area contributed by atoms with Crippen LogP contribution in [0.5, 0.6) is 0 Å². The topological polar surface area (TPSA) is 56.0 Å². The Hall–Kier alpha value is 0.806. The van der Waals surface area contributed by atoms with Gasteiger partial charge in [-0.15, -0.1) is 0 Å². The van der Waals surface area contributed by atoms with E-state index in [1.165, 1.54) is 6.26 Å². The van der Waals surface area contributed by atoms with Gasteiger partial charge in [0.05, 0.1) is 6.20 Å². The van der Waals surface area contributed by atoms with Gasteiger partial charge in [-0.2, -0.15) is 0 Å². The van der Waals surface area contributed by atoms with Gasteiger partial charge in [0.1, 0.15) is 6.26 Å². The standard InChI is InChI=1S/C3H3NO.K.H2O/c1-2-4-5-3-1;;/h1-3H;;1H2/q;+1;/p-1. The molecule has 0 aliphatic rings. The molecule has 1 aromatic rings. The molecule has 0 spiro atoms. The monoisotopic (exact) mass is 125 g/mol. The molecular weight excluding hydrogens is 121 g/mol. The summed E-state index contributed by atoms with van der Waals surface area (Å²) in [6, 6.07) is 1.72. The third kappa shape index (κ3) is 4.66. The van der Waals surface area contributed by atoms with Crippen LogP contribution in [0.3, 0.4) is 0 Å². The molecule has 0 aliphatic heterocycles. The molecule has 0 fully saturated rings. The third-order valence-electron chi connectivity index (χ3n) is 0.347. The quantitative estimate of drug-likeness (QED) is 0.360. The molecule has 1 aromatic heterocycles. The van der Waals surface area contributed by atoms with Gasteiger partial charge in [0, 0.05) is 0 Å². The van der Waals surface area contributed by atoms with Crippen LogP contribution in [-0.4, -0.2) is 10.6 Å². The van der Waals surface area contributed by atoms with Gasteiger partial charge in [0.15, 0.2) is 0 Å². The summed E-state index contributed by atoms with van der Waals surface area (Å²) in [6.07, 6.45) is 3.10. The van der Waals surface area contributed by atoms with Crippen molar-refractivity contribution in [1.29, 1.82) is 0 Å². The van der Waals surface area contributed by atoms with Crippen LogP contribution >= 0.6 is 0 Å².